The van der Waals surface area contributed by atoms with Gasteiger partial charge in [0, 0.05) is 0 Å². The van der Waals surface area contributed by atoms with E-state index in [4.69, 9.17) is 21.5 Å². The second-order valence-electron chi connectivity index (χ2n) is 5.83. The van der Waals surface area contributed by atoms with Crippen molar-refractivity contribution in [1.82, 2.24) is 0 Å². The third-order valence-corrected chi connectivity index (χ3v) is 5.30. The molecule has 5 nitrogen and oxygen atoms in total. The molecular weight excluding hydrogens is 386 g/mol. The molecule has 0 aliphatic rings. The minimum absolute atomic E-state index is 0.0504. The highest BCUT2D eigenvalue weighted by atomic mass is 35.5. The number of hydrogen-bond acceptors (Lipinski definition) is 4. The van der Waals surface area contributed by atoms with Gasteiger partial charge in [0.1, 0.15) is 11.5 Å². The summed E-state index contributed by atoms with van der Waals surface area (Å²) in [6.45, 7) is 0.0568. The van der Waals surface area contributed by atoms with Gasteiger partial charge in [-0.2, -0.15) is 0 Å². The van der Waals surface area contributed by atoms with Gasteiger partial charge in [-0.05, 0) is 34.9 Å². The van der Waals surface area contributed by atoms with Crippen LogP contribution in [0.1, 0.15) is 15.9 Å². The molecule has 0 fully saturated rings. The fourth-order valence-corrected chi connectivity index (χ4v) is 3.58. The van der Waals surface area contributed by atoms with Gasteiger partial charge in [-0.1, -0.05) is 66.2 Å². The third-order valence-electron chi connectivity index (χ3n) is 3.90. The van der Waals surface area contributed by atoms with Crippen molar-refractivity contribution in [3.8, 4) is 11.1 Å². The highest BCUT2D eigenvalue weighted by molar-refractivity contribution is 7.89. The van der Waals surface area contributed by atoms with E-state index in [-0.39, 0.29) is 22.1 Å². The van der Waals surface area contributed by atoms with E-state index < -0.39 is 16.0 Å². The van der Waals surface area contributed by atoms with Crippen LogP contribution in [-0.4, -0.2) is 14.4 Å². The van der Waals surface area contributed by atoms with Crippen molar-refractivity contribution in [1.29, 1.82) is 0 Å². The van der Waals surface area contributed by atoms with Crippen LogP contribution in [0.2, 0.25) is 5.02 Å². The number of halogens is 1. The smallest absolute Gasteiger partial charge is 0.338 e. The van der Waals surface area contributed by atoms with Gasteiger partial charge < -0.3 is 4.74 Å². The Bertz CT molecular complexity index is 1060. The van der Waals surface area contributed by atoms with Crippen LogP contribution >= 0.6 is 11.6 Å². The molecular formula is C20H16ClNO4S. The molecule has 3 aromatic carbocycles. The Labute approximate surface area is 162 Å². The highest BCUT2D eigenvalue weighted by Gasteiger charge is 2.17. The van der Waals surface area contributed by atoms with E-state index in [2.05, 4.69) is 0 Å². The van der Waals surface area contributed by atoms with Crippen LogP contribution in [0.4, 0.5) is 0 Å². The molecule has 3 aromatic rings. The summed E-state index contributed by atoms with van der Waals surface area (Å²) in [6.07, 6.45) is 0. The SMILES string of the molecule is NS(=O)(=O)c1cc(C(=O)OCc2ccc(-c3ccccc3)cc2)ccc1Cl. The summed E-state index contributed by atoms with van der Waals surface area (Å²) >= 11 is 5.81. The molecule has 3 rings (SSSR count). The quantitative estimate of drug-likeness (QED) is 0.654. The molecule has 0 atom stereocenters. The van der Waals surface area contributed by atoms with Gasteiger partial charge in [0.05, 0.1) is 10.6 Å². The molecule has 0 aromatic heterocycles. The lowest BCUT2D eigenvalue weighted by Crippen LogP contribution is -2.14. The number of primary sulfonamides is 1. The first-order valence-corrected chi connectivity index (χ1v) is 9.91. The number of esters is 1. The lowest BCUT2D eigenvalue weighted by atomic mass is 10.0. The molecule has 0 radical (unpaired) electrons. The molecule has 7 heteroatoms. The zero-order valence-corrected chi connectivity index (χ0v) is 15.7. The maximum atomic E-state index is 12.2. The second-order valence-corrected chi connectivity index (χ2v) is 7.77. The first-order chi connectivity index (χ1) is 12.8. The summed E-state index contributed by atoms with van der Waals surface area (Å²) in [6, 6.07) is 21.3. The van der Waals surface area contributed by atoms with Crippen LogP contribution in [-0.2, 0) is 21.4 Å². The van der Waals surface area contributed by atoms with Gasteiger partial charge in [-0.25, -0.2) is 18.4 Å². The fourth-order valence-electron chi connectivity index (χ4n) is 2.50. The van der Waals surface area contributed by atoms with Gasteiger partial charge in [0.2, 0.25) is 10.0 Å². The molecule has 0 saturated heterocycles. The number of rotatable bonds is 5. The molecule has 27 heavy (non-hydrogen) atoms. The average Bonchev–Trinajstić information content (AvgIpc) is 2.66. The van der Waals surface area contributed by atoms with Gasteiger partial charge in [-0.3, -0.25) is 0 Å². The number of carbonyl (C=O) groups excluding carboxylic acids is 1. The minimum atomic E-state index is -4.03. The average molecular weight is 402 g/mol. The van der Waals surface area contributed by atoms with Gasteiger partial charge >= 0.3 is 5.97 Å². The third kappa shape index (κ3) is 4.74. The van der Waals surface area contributed by atoms with Crippen molar-refractivity contribution in [2.75, 3.05) is 0 Å². The molecule has 138 valence electrons. The molecule has 0 saturated carbocycles. The number of hydrogen-bond donors (Lipinski definition) is 1. The van der Waals surface area contributed by atoms with Crippen molar-refractivity contribution in [3.63, 3.8) is 0 Å². The predicted molar refractivity (Wildman–Crippen MR) is 104 cm³/mol. The number of sulfonamides is 1. The maximum Gasteiger partial charge on any atom is 0.338 e. The molecule has 0 aliphatic heterocycles. The fraction of sp³-hybridized carbons (Fsp3) is 0.0500. The zero-order chi connectivity index (χ0) is 19.4. The molecule has 0 aliphatic carbocycles. The summed E-state index contributed by atoms with van der Waals surface area (Å²) in [5.41, 5.74) is 3.02. The summed E-state index contributed by atoms with van der Waals surface area (Å²) in [5.74, 6) is -0.663. The molecule has 0 heterocycles. The van der Waals surface area contributed by atoms with Gasteiger partial charge in [0.25, 0.3) is 0 Å². The van der Waals surface area contributed by atoms with E-state index in [1.54, 1.807) is 0 Å². The monoisotopic (exact) mass is 401 g/mol. The highest BCUT2D eigenvalue weighted by Crippen LogP contribution is 2.23. The van der Waals surface area contributed by atoms with Crippen molar-refractivity contribution in [3.05, 3.63) is 88.9 Å². The van der Waals surface area contributed by atoms with E-state index in [1.165, 1.54) is 12.1 Å². The Hall–Kier alpha value is -2.67. The lowest BCUT2D eigenvalue weighted by molar-refractivity contribution is 0.0472. The summed E-state index contributed by atoms with van der Waals surface area (Å²) < 4.78 is 28.2. The summed E-state index contributed by atoms with van der Waals surface area (Å²) in [4.78, 5) is 11.9. The van der Waals surface area contributed by atoms with Crippen molar-refractivity contribution >= 4 is 27.6 Å². The van der Waals surface area contributed by atoms with E-state index in [0.29, 0.717) is 0 Å². The lowest BCUT2D eigenvalue weighted by Gasteiger charge is -2.08. The van der Waals surface area contributed by atoms with Crippen LogP contribution in [0.5, 0.6) is 0 Å². The Morgan fingerprint density at radius 1 is 0.926 bits per heavy atom. The van der Waals surface area contributed by atoms with Crippen LogP contribution < -0.4 is 5.14 Å². The Balaban J connectivity index is 1.69. The van der Waals surface area contributed by atoms with Gasteiger partial charge in [-0.15, -0.1) is 0 Å². The van der Waals surface area contributed by atoms with Crippen molar-refractivity contribution in [2.45, 2.75) is 11.5 Å². The molecule has 0 unspecified atom stereocenters. The molecule has 2 N–H and O–H groups in total. The maximum absolute atomic E-state index is 12.2. The van der Waals surface area contributed by atoms with Crippen LogP contribution in [0, 0.1) is 0 Å². The largest absolute Gasteiger partial charge is 0.457 e. The normalized spacial score (nSPS) is 11.2. The van der Waals surface area contributed by atoms with E-state index in [0.717, 1.165) is 22.8 Å². The first kappa shape index (κ1) is 19.1. The number of benzene rings is 3. The molecule has 0 amide bonds. The Morgan fingerprint density at radius 3 is 2.19 bits per heavy atom. The standard InChI is InChI=1S/C20H16ClNO4S/c21-18-11-10-17(12-19(18)27(22,24)25)20(23)26-13-14-6-8-16(9-7-14)15-4-2-1-3-5-15/h1-12H,13H2,(H2,22,24,25). The van der Waals surface area contributed by atoms with E-state index in [9.17, 15) is 13.2 Å². The van der Waals surface area contributed by atoms with Crippen molar-refractivity contribution in [2.24, 2.45) is 5.14 Å². The zero-order valence-electron chi connectivity index (χ0n) is 14.1. The van der Waals surface area contributed by atoms with Crippen LogP contribution in [0.25, 0.3) is 11.1 Å². The van der Waals surface area contributed by atoms with Gasteiger partial charge in [0.15, 0.2) is 0 Å². The predicted octanol–water partition coefficient (Wildman–Crippen LogP) is 4.01. The Morgan fingerprint density at radius 2 is 1.56 bits per heavy atom. The van der Waals surface area contributed by atoms with E-state index >= 15 is 0 Å². The number of carbonyl (C=O) groups is 1. The molecule has 0 bridgehead atoms. The van der Waals surface area contributed by atoms with Crippen molar-refractivity contribution < 1.29 is 17.9 Å². The first-order valence-electron chi connectivity index (χ1n) is 7.98. The van der Waals surface area contributed by atoms with E-state index in [1.807, 2.05) is 54.6 Å². The summed E-state index contributed by atoms with van der Waals surface area (Å²) in [7, 11) is -4.03. The topological polar surface area (TPSA) is 86.5 Å². The summed E-state index contributed by atoms with van der Waals surface area (Å²) in [5, 5.41) is 5.04. The molecule has 0 spiro atoms. The number of ether oxygens (including phenoxy) is 1. The van der Waals surface area contributed by atoms with Crippen LogP contribution in [0.3, 0.4) is 0 Å². The minimum Gasteiger partial charge on any atom is -0.457 e. The Kier molecular flexibility index (Phi) is 5.60. The second kappa shape index (κ2) is 7.92. The number of nitrogens with two attached hydrogens (primary N) is 1. The van der Waals surface area contributed by atoms with Crippen LogP contribution in [0.15, 0.2) is 77.7 Å².